The van der Waals surface area contributed by atoms with Crippen LogP contribution in [0, 0.1) is 0 Å². The molecule has 0 bridgehead atoms. The summed E-state index contributed by atoms with van der Waals surface area (Å²) in [5.74, 6) is 1.55. The average molecular weight is 177 g/mol. The molecule has 0 aliphatic carbocycles. The third-order valence-corrected chi connectivity index (χ3v) is 2.31. The van der Waals surface area contributed by atoms with Crippen LogP contribution in [0.25, 0.3) is 0 Å². The summed E-state index contributed by atoms with van der Waals surface area (Å²) in [4.78, 5) is 10.6. The van der Waals surface area contributed by atoms with E-state index in [2.05, 4.69) is 4.74 Å². The first-order valence-electron chi connectivity index (χ1n) is 3.57. The lowest BCUT2D eigenvalue weighted by Crippen LogP contribution is -2.18. The highest BCUT2D eigenvalue weighted by Gasteiger charge is 2.00. The van der Waals surface area contributed by atoms with E-state index in [9.17, 15) is 4.79 Å². The zero-order valence-corrected chi connectivity index (χ0v) is 7.82. The van der Waals surface area contributed by atoms with E-state index in [1.165, 1.54) is 7.11 Å². The number of carbonyl (C=O) groups is 1. The van der Waals surface area contributed by atoms with Crippen molar-refractivity contribution in [3.8, 4) is 0 Å². The summed E-state index contributed by atoms with van der Waals surface area (Å²) in [7, 11) is 1.40. The Morgan fingerprint density at radius 3 is 2.82 bits per heavy atom. The fraction of sp³-hybridized carbons (Fsp3) is 0.857. The Kier molecular flexibility index (Phi) is 6.36. The van der Waals surface area contributed by atoms with E-state index in [0.29, 0.717) is 6.42 Å². The van der Waals surface area contributed by atoms with E-state index in [-0.39, 0.29) is 12.0 Å². The van der Waals surface area contributed by atoms with Crippen LogP contribution in [-0.4, -0.2) is 30.6 Å². The quantitative estimate of drug-likeness (QED) is 0.494. The van der Waals surface area contributed by atoms with Gasteiger partial charge in [0.1, 0.15) is 0 Å². The van der Waals surface area contributed by atoms with Crippen LogP contribution in [-0.2, 0) is 9.53 Å². The van der Waals surface area contributed by atoms with Crippen LogP contribution in [0.5, 0.6) is 0 Å². The molecule has 0 spiro atoms. The second-order valence-corrected chi connectivity index (χ2v) is 3.53. The van der Waals surface area contributed by atoms with E-state index in [1.807, 2.05) is 6.92 Å². The third kappa shape index (κ3) is 7.68. The maximum atomic E-state index is 10.6. The van der Waals surface area contributed by atoms with Gasteiger partial charge in [-0.25, -0.2) is 0 Å². The van der Waals surface area contributed by atoms with Crippen molar-refractivity contribution in [1.29, 1.82) is 0 Å². The number of esters is 1. The van der Waals surface area contributed by atoms with Crippen LogP contribution in [0.15, 0.2) is 0 Å². The first-order chi connectivity index (χ1) is 5.16. The van der Waals surface area contributed by atoms with Gasteiger partial charge in [0.2, 0.25) is 0 Å². The van der Waals surface area contributed by atoms with Gasteiger partial charge in [-0.1, -0.05) is 0 Å². The minimum absolute atomic E-state index is 0.151. The van der Waals surface area contributed by atoms with E-state index in [0.717, 1.165) is 11.5 Å². The highest BCUT2D eigenvalue weighted by Crippen LogP contribution is 2.03. The fourth-order valence-corrected chi connectivity index (χ4v) is 1.38. The number of rotatable bonds is 5. The molecule has 0 aromatic rings. The Balaban J connectivity index is 3.08. The number of hydrogen-bond acceptors (Lipinski definition) is 4. The number of thioether (sulfide) groups is 1. The summed E-state index contributed by atoms with van der Waals surface area (Å²) in [5, 5.41) is 0. The van der Waals surface area contributed by atoms with Crippen molar-refractivity contribution in [2.45, 2.75) is 19.4 Å². The molecular weight excluding hydrogens is 162 g/mol. The Morgan fingerprint density at radius 2 is 2.36 bits per heavy atom. The Labute approximate surface area is 71.7 Å². The largest absolute Gasteiger partial charge is 0.469 e. The van der Waals surface area contributed by atoms with E-state index < -0.39 is 0 Å². The summed E-state index contributed by atoms with van der Waals surface area (Å²) < 4.78 is 4.47. The molecule has 0 aliphatic rings. The molecular formula is C7H15NO2S. The van der Waals surface area contributed by atoms with Gasteiger partial charge in [-0.05, 0) is 6.92 Å². The predicted octanol–water partition coefficient (Wildman–Crippen LogP) is 0.630. The zero-order chi connectivity index (χ0) is 8.69. The number of methoxy groups -OCH3 is 1. The summed E-state index contributed by atoms with van der Waals surface area (Å²) in [6.45, 7) is 1.95. The molecule has 11 heavy (non-hydrogen) atoms. The van der Waals surface area contributed by atoms with E-state index >= 15 is 0 Å². The van der Waals surface area contributed by atoms with Crippen molar-refractivity contribution < 1.29 is 9.53 Å². The number of ether oxygens (including phenoxy) is 1. The number of carbonyl (C=O) groups excluding carboxylic acids is 1. The Hall–Kier alpha value is -0.220. The van der Waals surface area contributed by atoms with Gasteiger partial charge < -0.3 is 10.5 Å². The highest BCUT2D eigenvalue weighted by atomic mass is 32.2. The maximum Gasteiger partial charge on any atom is 0.306 e. The lowest BCUT2D eigenvalue weighted by molar-refractivity contribution is -0.140. The van der Waals surface area contributed by atoms with Gasteiger partial charge in [-0.15, -0.1) is 0 Å². The number of nitrogens with two attached hydrogens (primary N) is 1. The molecule has 0 radical (unpaired) electrons. The van der Waals surface area contributed by atoms with Gasteiger partial charge >= 0.3 is 5.97 Å². The first kappa shape index (κ1) is 10.8. The van der Waals surface area contributed by atoms with Gasteiger partial charge in [0, 0.05) is 17.5 Å². The van der Waals surface area contributed by atoms with Crippen LogP contribution < -0.4 is 5.73 Å². The standard InChI is InChI=1S/C7H15NO2S/c1-6(8)5-11-4-3-7(9)10-2/h6H,3-5,8H2,1-2H3/t6-/m0/s1. The van der Waals surface area contributed by atoms with Crippen LogP contribution in [0.4, 0.5) is 0 Å². The van der Waals surface area contributed by atoms with Crippen LogP contribution >= 0.6 is 11.8 Å². The normalized spacial score (nSPS) is 12.6. The molecule has 3 nitrogen and oxygen atoms in total. The van der Waals surface area contributed by atoms with Crippen LogP contribution in [0.1, 0.15) is 13.3 Å². The number of hydrogen-bond donors (Lipinski definition) is 1. The Morgan fingerprint density at radius 1 is 1.73 bits per heavy atom. The molecule has 0 aromatic carbocycles. The minimum atomic E-state index is -0.151. The molecule has 4 heteroatoms. The highest BCUT2D eigenvalue weighted by molar-refractivity contribution is 7.99. The van der Waals surface area contributed by atoms with Gasteiger partial charge in [0.05, 0.1) is 13.5 Å². The molecule has 66 valence electrons. The van der Waals surface area contributed by atoms with Gasteiger partial charge in [-0.3, -0.25) is 4.79 Å². The second-order valence-electron chi connectivity index (χ2n) is 2.38. The van der Waals surface area contributed by atoms with Crippen molar-refractivity contribution in [1.82, 2.24) is 0 Å². The summed E-state index contributed by atoms with van der Waals surface area (Å²) in [6.07, 6.45) is 0.480. The lowest BCUT2D eigenvalue weighted by Gasteiger charge is -2.03. The van der Waals surface area contributed by atoms with Crippen molar-refractivity contribution in [3.05, 3.63) is 0 Å². The SMILES string of the molecule is COC(=O)CCSC[C@H](C)N. The molecule has 0 saturated heterocycles. The molecule has 0 fully saturated rings. The molecule has 0 heterocycles. The summed E-state index contributed by atoms with van der Waals surface area (Å²) >= 11 is 1.68. The smallest absolute Gasteiger partial charge is 0.306 e. The van der Waals surface area contributed by atoms with Crippen LogP contribution in [0.3, 0.4) is 0 Å². The summed E-state index contributed by atoms with van der Waals surface area (Å²) in [6, 6.07) is 0.206. The molecule has 0 amide bonds. The van der Waals surface area contributed by atoms with Crippen molar-refractivity contribution in [2.24, 2.45) is 5.73 Å². The second kappa shape index (κ2) is 6.49. The molecule has 0 unspecified atom stereocenters. The molecule has 1 atom stereocenters. The lowest BCUT2D eigenvalue weighted by atomic mass is 10.4. The van der Waals surface area contributed by atoms with Gasteiger partial charge in [-0.2, -0.15) is 11.8 Å². The topological polar surface area (TPSA) is 52.3 Å². The Bertz CT molecular complexity index is 117. The molecule has 0 rings (SSSR count). The van der Waals surface area contributed by atoms with Crippen molar-refractivity contribution in [3.63, 3.8) is 0 Å². The first-order valence-corrected chi connectivity index (χ1v) is 4.72. The van der Waals surface area contributed by atoms with E-state index in [1.54, 1.807) is 11.8 Å². The predicted molar refractivity (Wildman–Crippen MR) is 47.6 cm³/mol. The molecule has 2 N–H and O–H groups in total. The fourth-order valence-electron chi connectivity index (χ4n) is 0.527. The zero-order valence-electron chi connectivity index (χ0n) is 7.00. The molecule has 0 aliphatic heterocycles. The monoisotopic (exact) mass is 177 g/mol. The van der Waals surface area contributed by atoms with Crippen molar-refractivity contribution >= 4 is 17.7 Å². The maximum absolute atomic E-state index is 10.6. The third-order valence-electron chi connectivity index (χ3n) is 1.06. The minimum Gasteiger partial charge on any atom is -0.469 e. The van der Waals surface area contributed by atoms with Gasteiger partial charge in [0.15, 0.2) is 0 Å². The molecule has 0 aromatic heterocycles. The summed E-state index contributed by atoms with van der Waals surface area (Å²) in [5.41, 5.74) is 5.50. The average Bonchev–Trinajstić information content (AvgIpc) is 1.97. The van der Waals surface area contributed by atoms with Gasteiger partial charge in [0.25, 0.3) is 0 Å². The van der Waals surface area contributed by atoms with Crippen molar-refractivity contribution in [2.75, 3.05) is 18.6 Å². The van der Waals surface area contributed by atoms with E-state index in [4.69, 9.17) is 5.73 Å². The molecule has 0 saturated carbocycles. The van der Waals surface area contributed by atoms with Crippen LogP contribution in [0.2, 0.25) is 0 Å².